The van der Waals surface area contributed by atoms with Crippen LogP contribution in [0.4, 0.5) is 22.0 Å². The number of rotatable bonds is 0. The summed E-state index contributed by atoms with van der Waals surface area (Å²) in [4.78, 5) is 0. The predicted molar refractivity (Wildman–Crippen MR) is 30.7 cm³/mol. The van der Waals surface area contributed by atoms with Gasteiger partial charge < -0.3 is 0 Å². The van der Waals surface area contributed by atoms with Gasteiger partial charge in [0.15, 0.2) is 5.82 Å². The van der Waals surface area contributed by atoms with Crippen molar-refractivity contribution in [1.29, 1.82) is 0 Å². The molecular weight excluding hydrogens is 179 g/mol. The van der Waals surface area contributed by atoms with Gasteiger partial charge in [0.25, 0.3) is 0 Å². The third-order valence-electron chi connectivity index (χ3n) is 1.30. The molecule has 0 aliphatic carbocycles. The second-order valence-electron chi connectivity index (χ2n) is 2.05. The highest BCUT2D eigenvalue weighted by atomic mass is 19.2. The van der Waals surface area contributed by atoms with E-state index in [2.05, 4.69) is 6.92 Å². The summed E-state index contributed by atoms with van der Waals surface area (Å²) in [5, 5.41) is 0. The molecule has 0 radical (unpaired) electrons. The topological polar surface area (TPSA) is 0 Å². The van der Waals surface area contributed by atoms with Crippen LogP contribution >= 0.6 is 0 Å². The molecule has 0 unspecified atom stereocenters. The van der Waals surface area contributed by atoms with Crippen LogP contribution in [0.5, 0.6) is 0 Å². The summed E-state index contributed by atoms with van der Waals surface area (Å²) in [5.74, 6) is -9.91. The lowest BCUT2D eigenvalue weighted by molar-refractivity contribution is 0.375. The molecule has 1 aromatic rings. The quantitative estimate of drug-likeness (QED) is 0.250. The van der Waals surface area contributed by atoms with Crippen molar-refractivity contribution >= 4 is 0 Å². The fraction of sp³-hybridized carbons (Fsp3) is 0. The minimum Gasteiger partial charge on any atom is -0.280 e. The van der Waals surface area contributed by atoms with Crippen molar-refractivity contribution in [2.75, 3.05) is 0 Å². The SMILES string of the molecule is [CH2-]c1c(F)c(F)c(F)c(F)c1F. The first-order valence-corrected chi connectivity index (χ1v) is 2.80. The Bertz CT molecular complexity index is 226. The van der Waals surface area contributed by atoms with Gasteiger partial charge in [0.2, 0.25) is 0 Å². The molecule has 0 spiro atoms. The van der Waals surface area contributed by atoms with Gasteiger partial charge in [-0.05, 0) is 0 Å². The van der Waals surface area contributed by atoms with Gasteiger partial charge in [-0.1, -0.05) is 0 Å². The monoisotopic (exact) mass is 181 g/mol. The highest BCUT2D eigenvalue weighted by Crippen LogP contribution is 2.21. The van der Waals surface area contributed by atoms with Gasteiger partial charge in [0, 0.05) is 0 Å². The van der Waals surface area contributed by atoms with Crippen LogP contribution in [0.25, 0.3) is 0 Å². The van der Waals surface area contributed by atoms with Crippen LogP contribution in [-0.2, 0) is 0 Å². The molecule has 0 N–H and O–H groups in total. The lowest BCUT2D eigenvalue weighted by atomic mass is 10.2. The third-order valence-corrected chi connectivity index (χ3v) is 1.30. The highest BCUT2D eigenvalue weighted by molar-refractivity contribution is 5.25. The van der Waals surface area contributed by atoms with E-state index in [0.717, 1.165) is 0 Å². The maximum absolute atomic E-state index is 12.3. The predicted octanol–water partition coefficient (Wildman–Crippen LogP) is 2.56. The Labute approximate surface area is 64.6 Å². The van der Waals surface area contributed by atoms with E-state index in [4.69, 9.17) is 0 Å². The van der Waals surface area contributed by atoms with Crippen LogP contribution in [0, 0.1) is 36.0 Å². The summed E-state index contributed by atoms with van der Waals surface area (Å²) in [6.07, 6.45) is 0. The molecule has 0 heterocycles. The second kappa shape index (κ2) is 2.66. The number of hydrogen-bond acceptors (Lipinski definition) is 0. The van der Waals surface area contributed by atoms with E-state index < -0.39 is 34.6 Å². The van der Waals surface area contributed by atoms with Crippen molar-refractivity contribution < 1.29 is 22.0 Å². The largest absolute Gasteiger partial charge is 0.280 e. The molecule has 0 amide bonds. The van der Waals surface area contributed by atoms with Gasteiger partial charge in [0.05, 0.1) is 11.6 Å². The molecule has 0 bridgehead atoms. The zero-order chi connectivity index (χ0) is 9.46. The highest BCUT2D eigenvalue weighted by Gasteiger charge is 2.15. The van der Waals surface area contributed by atoms with Crippen LogP contribution in [-0.4, -0.2) is 0 Å². The van der Waals surface area contributed by atoms with Crippen LogP contribution in [0.2, 0.25) is 0 Å². The lowest BCUT2D eigenvalue weighted by Gasteiger charge is -2.10. The molecule has 0 nitrogen and oxygen atoms in total. The van der Waals surface area contributed by atoms with Gasteiger partial charge in [-0.15, -0.1) is 5.56 Å². The van der Waals surface area contributed by atoms with Crippen molar-refractivity contribution in [3.8, 4) is 0 Å². The van der Waals surface area contributed by atoms with Crippen LogP contribution in [0.3, 0.4) is 0 Å². The van der Waals surface area contributed by atoms with Gasteiger partial charge >= 0.3 is 0 Å². The summed E-state index contributed by atoms with van der Waals surface area (Å²) in [6, 6.07) is 0. The summed E-state index contributed by atoms with van der Waals surface area (Å²) in [7, 11) is 0. The first-order chi connectivity index (χ1) is 5.46. The molecule has 12 heavy (non-hydrogen) atoms. The van der Waals surface area contributed by atoms with E-state index in [0.29, 0.717) is 0 Å². The fourth-order valence-corrected chi connectivity index (χ4v) is 0.650. The molecule has 0 fully saturated rings. The molecule has 0 atom stereocenters. The summed E-state index contributed by atoms with van der Waals surface area (Å²) in [5.41, 5.74) is -1.12. The average molecular weight is 181 g/mol. The maximum atomic E-state index is 12.3. The molecule has 5 heteroatoms. The van der Waals surface area contributed by atoms with Gasteiger partial charge in [0.1, 0.15) is 11.6 Å². The molecule has 66 valence electrons. The molecule has 1 aromatic carbocycles. The third kappa shape index (κ3) is 1.01. The Hall–Kier alpha value is -1.26. The zero-order valence-electron chi connectivity index (χ0n) is 5.60. The van der Waals surface area contributed by atoms with Crippen LogP contribution < -0.4 is 0 Å². The minimum atomic E-state index is -2.17. The van der Waals surface area contributed by atoms with E-state index >= 15 is 0 Å². The Morgan fingerprint density at radius 1 is 0.583 bits per heavy atom. The first-order valence-electron chi connectivity index (χ1n) is 2.80. The van der Waals surface area contributed by atoms with E-state index in [-0.39, 0.29) is 0 Å². The smallest absolute Gasteiger partial charge is 0.175 e. The fourth-order valence-electron chi connectivity index (χ4n) is 0.650. The first kappa shape index (κ1) is 8.83. The van der Waals surface area contributed by atoms with Crippen molar-refractivity contribution in [3.63, 3.8) is 0 Å². The molecule has 0 aliphatic rings. The Balaban J connectivity index is 3.60. The zero-order valence-corrected chi connectivity index (χ0v) is 5.60. The number of halogens is 5. The Morgan fingerprint density at radius 2 is 0.833 bits per heavy atom. The van der Waals surface area contributed by atoms with Crippen LogP contribution in [0.15, 0.2) is 0 Å². The van der Waals surface area contributed by atoms with Crippen molar-refractivity contribution in [2.24, 2.45) is 0 Å². The van der Waals surface area contributed by atoms with E-state index in [9.17, 15) is 22.0 Å². The Morgan fingerprint density at radius 3 is 1.17 bits per heavy atom. The van der Waals surface area contributed by atoms with Crippen LogP contribution in [0.1, 0.15) is 5.56 Å². The summed E-state index contributed by atoms with van der Waals surface area (Å²) >= 11 is 0. The average Bonchev–Trinajstić information content (AvgIpc) is 2.08. The summed E-state index contributed by atoms with van der Waals surface area (Å²) < 4.78 is 61.3. The van der Waals surface area contributed by atoms with E-state index in [1.54, 1.807) is 0 Å². The molecule has 0 aromatic heterocycles. The van der Waals surface area contributed by atoms with E-state index in [1.807, 2.05) is 0 Å². The van der Waals surface area contributed by atoms with Gasteiger partial charge in [-0.2, -0.15) is 6.92 Å². The normalized spacial score (nSPS) is 10.4. The molecule has 0 saturated heterocycles. The molecule has 0 saturated carbocycles. The van der Waals surface area contributed by atoms with Crippen molar-refractivity contribution in [1.82, 2.24) is 0 Å². The second-order valence-corrected chi connectivity index (χ2v) is 2.05. The van der Waals surface area contributed by atoms with Crippen molar-refractivity contribution in [2.45, 2.75) is 0 Å². The maximum Gasteiger partial charge on any atom is 0.175 e. The number of benzene rings is 1. The minimum absolute atomic E-state index is 1.12. The summed E-state index contributed by atoms with van der Waals surface area (Å²) in [6.45, 7) is 2.69. The molecule has 0 aliphatic heterocycles. The standard InChI is InChI=1S/C7H2F5/c1-2-3(8)5(10)7(12)6(11)4(2)9/h1H2/q-1. The van der Waals surface area contributed by atoms with Gasteiger partial charge in [-0.25, -0.2) is 13.2 Å². The van der Waals surface area contributed by atoms with E-state index in [1.165, 1.54) is 0 Å². The molecular formula is C7H2F5-. The van der Waals surface area contributed by atoms with Crippen molar-refractivity contribution in [3.05, 3.63) is 41.6 Å². The molecule has 1 rings (SSSR count). The lowest BCUT2D eigenvalue weighted by Crippen LogP contribution is -2.03. The van der Waals surface area contributed by atoms with Gasteiger partial charge in [-0.3, -0.25) is 8.78 Å². The number of hydrogen-bond donors (Lipinski definition) is 0. The Kier molecular flexibility index (Phi) is 1.95.